The van der Waals surface area contributed by atoms with E-state index < -0.39 is 9.84 Å². The highest BCUT2D eigenvalue weighted by Gasteiger charge is 2.14. The van der Waals surface area contributed by atoms with Crippen LogP contribution in [0.4, 0.5) is 17.2 Å². The van der Waals surface area contributed by atoms with Gasteiger partial charge in [0, 0.05) is 41.8 Å². The first-order chi connectivity index (χ1) is 15.7. The van der Waals surface area contributed by atoms with E-state index in [0.717, 1.165) is 22.0 Å². The number of pyridine rings is 1. The van der Waals surface area contributed by atoms with E-state index in [1.165, 1.54) is 6.26 Å². The Morgan fingerprint density at radius 2 is 1.76 bits per heavy atom. The molecule has 0 radical (unpaired) electrons. The molecular weight excluding hydrogens is 436 g/mol. The van der Waals surface area contributed by atoms with Crippen LogP contribution in [0.25, 0.3) is 21.9 Å². The Kier molecular flexibility index (Phi) is 6.02. The maximum Gasteiger partial charge on any atom is 0.243 e. The smallest absolute Gasteiger partial charge is 0.243 e. The number of fused-ring (bicyclic) bond motifs is 1. The summed E-state index contributed by atoms with van der Waals surface area (Å²) in [6.45, 7) is 0.143. The summed E-state index contributed by atoms with van der Waals surface area (Å²) in [6, 6.07) is 21.6. The summed E-state index contributed by atoms with van der Waals surface area (Å²) in [5.41, 5.74) is 8.84. The van der Waals surface area contributed by atoms with Crippen LogP contribution in [0.15, 0.2) is 83.9 Å². The Morgan fingerprint density at radius 3 is 2.48 bits per heavy atom. The van der Waals surface area contributed by atoms with Crippen molar-refractivity contribution < 1.29 is 13.2 Å². The fraction of sp³-hybridized carbons (Fsp3) is 0.120. The number of rotatable bonds is 6. The first-order valence-corrected chi connectivity index (χ1v) is 12.2. The molecule has 0 unspecified atom stereocenters. The van der Waals surface area contributed by atoms with E-state index in [2.05, 4.69) is 10.3 Å². The molecule has 1 amide bonds. The number of nitrogens with one attached hydrogen (secondary N) is 1. The van der Waals surface area contributed by atoms with Crippen molar-refractivity contribution in [1.82, 2.24) is 4.98 Å². The quantitative estimate of drug-likeness (QED) is 0.451. The van der Waals surface area contributed by atoms with E-state index in [-0.39, 0.29) is 17.3 Å². The second-order valence-corrected chi connectivity index (χ2v) is 9.84. The molecule has 3 N–H and O–H groups in total. The number of nitrogens with zero attached hydrogens (tertiary/aromatic N) is 2. The normalized spacial score (nSPS) is 11.3. The van der Waals surface area contributed by atoms with Gasteiger partial charge in [-0.1, -0.05) is 36.4 Å². The molecule has 0 saturated carbocycles. The predicted octanol–water partition coefficient (Wildman–Crippen LogP) is 3.96. The van der Waals surface area contributed by atoms with Crippen LogP contribution in [-0.2, 0) is 14.6 Å². The van der Waals surface area contributed by atoms with Crippen LogP contribution >= 0.6 is 0 Å². The van der Waals surface area contributed by atoms with E-state index in [9.17, 15) is 13.2 Å². The van der Waals surface area contributed by atoms with Crippen LogP contribution < -0.4 is 16.0 Å². The number of likely N-dealkylation sites (N-methyl/N-ethyl adjacent to an activating group) is 1. The summed E-state index contributed by atoms with van der Waals surface area (Å²) in [5.74, 6) is 0.269. The van der Waals surface area contributed by atoms with Crippen LogP contribution in [0.2, 0.25) is 0 Å². The summed E-state index contributed by atoms with van der Waals surface area (Å²) in [7, 11) is -1.52. The van der Waals surface area contributed by atoms with Crippen molar-refractivity contribution in [3.8, 4) is 11.1 Å². The average Bonchev–Trinajstić information content (AvgIpc) is 2.79. The van der Waals surface area contributed by atoms with Crippen LogP contribution in [0.1, 0.15) is 0 Å². The number of aromatic nitrogens is 1. The van der Waals surface area contributed by atoms with Crippen molar-refractivity contribution >= 4 is 43.7 Å². The molecule has 0 bridgehead atoms. The van der Waals surface area contributed by atoms with Crippen LogP contribution in [0.3, 0.4) is 0 Å². The Labute approximate surface area is 192 Å². The van der Waals surface area contributed by atoms with Gasteiger partial charge in [-0.05, 0) is 47.3 Å². The molecule has 33 heavy (non-hydrogen) atoms. The van der Waals surface area contributed by atoms with Crippen molar-refractivity contribution in [1.29, 1.82) is 0 Å². The molecule has 0 spiro atoms. The molecule has 168 valence electrons. The maximum atomic E-state index is 12.6. The highest BCUT2D eigenvalue weighted by atomic mass is 32.2. The number of nitrogens with two attached hydrogens (primary N) is 1. The molecule has 4 rings (SSSR count). The lowest BCUT2D eigenvalue weighted by molar-refractivity contribution is -0.114. The Bertz CT molecular complexity index is 1430. The van der Waals surface area contributed by atoms with Gasteiger partial charge in [0.05, 0.1) is 11.4 Å². The number of nitrogen functional groups attached to an aromatic ring is 1. The molecule has 4 aromatic rings. The number of hydrogen-bond acceptors (Lipinski definition) is 6. The maximum absolute atomic E-state index is 12.6. The topological polar surface area (TPSA) is 105 Å². The lowest BCUT2D eigenvalue weighted by Gasteiger charge is -2.19. The monoisotopic (exact) mass is 460 g/mol. The largest absolute Gasteiger partial charge is 0.383 e. The van der Waals surface area contributed by atoms with Gasteiger partial charge in [-0.15, -0.1) is 0 Å². The lowest BCUT2D eigenvalue weighted by atomic mass is 10.1. The summed E-state index contributed by atoms with van der Waals surface area (Å²) < 4.78 is 24.2. The first kappa shape index (κ1) is 22.3. The lowest BCUT2D eigenvalue weighted by Crippen LogP contribution is -2.30. The van der Waals surface area contributed by atoms with Gasteiger partial charge < -0.3 is 16.0 Å². The van der Waals surface area contributed by atoms with Gasteiger partial charge in [0.2, 0.25) is 5.91 Å². The van der Waals surface area contributed by atoms with Gasteiger partial charge in [-0.2, -0.15) is 0 Å². The van der Waals surface area contributed by atoms with Crippen molar-refractivity contribution in [2.24, 2.45) is 0 Å². The first-order valence-electron chi connectivity index (χ1n) is 10.3. The molecule has 8 heteroatoms. The number of anilines is 3. The summed E-state index contributed by atoms with van der Waals surface area (Å²) in [6.07, 6.45) is 2.86. The third-order valence-electron chi connectivity index (χ3n) is 5.37. The second kappa shape index (κ2) is 8.91. The predicted molar refractivity (Wildman–Crippen MR) is 133 cm³/mol. The fourth-order valence-corrected chi connectivity index (χ4v) is 4.60. The standard InChI is InChI=1S/C25H24N4O3S/c1-29(20-12-9-18-13-14-27-25(26)22(18)15-20)16-24(30)28-19-10-7-17(8-11-19)21-5-3-4-6-23(21)33(2,31)32/h3-15H,16H2,1-2H3,(H2,26,27)(H,28,30). The van der Waals surface area contributed by atoms with Crippen molar-refractivity contribution in [3.63, 3.8) is 0 Å². The minimum atomic E-state index is -3.35. The molecular formula is C25H24N4O3S. The highest BCUT2D eigenvalue weighted by Crippen LogP contribution is 2.28. The fourth-order valence-electron chi connectivity index (χ4n) is 3.69. The van der Waals surface area contributed by atoms with Gasteiger partial charge in [-0.3, -0.25) is 4.79 Å². The number of carbonyl (C=O) groups is 1. The van der Waals surface area contributed by atoms with E-state index in [0.29, 0.717) is 17.1 Å². The molecule has 0 saturated heterocycles. The van der Waals surface area contributed by atoms with Crippen LogP contribution in [0.5, 0.6) is 0 Å². The SMILES string of the molecule is CN(CC(=O)Nc1ccc(-c2ccccc2S(C)(=O)=O)cc1)c1ccc2ccnc(N)c2c1. The Balaban J connectivity index is 1.46. The van der Waals surface area contributed by atoms with Crippen LogP contribution in [0, 0.1) is 0 Å². The molecule has 0 aliphatic heterocycles. The molecule has 3 aromatic carbocycles. The molecule has 0 aliphatic carbocycles. The minimum Gasteiger partial charge on any atom is -0.383 e. The Hall–Kier alpha value is -3.91. The number of sulfone groups is 1. The van der Waals surface area contributed by atoms with Crippen molar-refractivity contribution in [2.45, 2.75) is 4.90 Å². The molecule has 0 atom stereocenters. The van der Waals surface area contributed by atoms with E-state index >= 15 is 0 Å². The number of benzene rings is 3. The summed E-state index contributed by atoms with van der Waals surface area (Å²) >= 11 is 0. The Morgan fingerprint density at radius 1 is 1.03 bits per heavy atom. The molecule has 7 nitrogen and oxygen atoms in total. The molecule has 1 aromatic heterocycles. The van der Waals surface area contributed by atoms with Crippen molar-refractivity contribution in [3.05, 3.63) is 79.0 Å². The third kappa shape index (κ3) is 4.96. The van der Waals surface area contributed by atoms with Gasteiger partial charge in [0.1, 0.15) is 5.82 Å². The van der Waals surface area contributed by atoms with E-state index in [1.807, 2.05) is 36.2 Å². The minimum absolute atomic E-state index is 0.143. The molecule has 1 heterocycles. The second-order valence-electron chi connectivity index (χ2n) is 7.85. The number of hydrogen-bond donors (Lipinski definition) is 2. The molecule has 0 fully saturated rings. The molecule has 0 aliphatic rings. The van der Waals surface area contributed by atoms with Gasteiger partial charge >= 0.3 is 0 Å². The van der Waals surface area contributed by atoms with Gasteiger partial charge in [0.25, 0.3) is 0 Å². The van der Waals surface area contributed by atoms with E-state index in [4.69, 9.17) is 5.73 Å². The summed E-state index contributed by atoms with van der Waals surface area (Å²) in [5, 5.41) is 4.71. The van der Waals surface area contributed by atoms with Gasteiger partial charge in [-0.25, -0.2) is 13.4 Å². The third-order valence-corrected chi connectivity index (χ3v) is 6.52. The average molecular weight is 461 g/mol. The highest BCUT2D eigenvalue weighted by molar-refractivity contribution is 7.90. The van der Waals surface area contributed by atoms with Crippen LogP contribution in [-0.4, -0.2) is 39.2 Å². The van der Waals surface area contributed by atoms with Gasteiger partial charge in [0.15, 0.2) is 9.84 Å². The zero-order valence-corrected chi connectivity index (χ0v) is 19.1. The van der Waals surface area contributed by atoms with E-state index in [1.54, 1.807) is 54.7 Å². The zero-order chi connectivity index (χ0) is 23.6. The summed E-state index contributed by atoms with van der Waals surface area (Å²) in [4.78, 5) is 18.8. The zero-order valence-electron chi connectivity index (χ0n) is 18.3. The van der Waals surface area contributed by atoms with Crippen molar-refractivity contribution in [2.75, 3.05) is 35.8 Å². The number of amides is 1. The number of carbonyl (C=O) groups excluding carboxylic acids is 1.